The highest BCUT2D eigenvalue weighted by molar-refractivity contribution is 6.11. The second-order valence-electron chi connectivity index (χ2n) is 15.0. The lowest BCUT2D eigenvalue weighted by molar-refractivity contribution is 0.659. The zero-order valence-corrected chi connectivity index (χ0v) is 28.9. The Morgan fingerprint density at radius 3 is 1.68 bits per heavy atom. The van der Waals surface area contributed by atoms with Gasteiger partial charge in [-0.3, -0.25) is 0 Å². The Balaban J connectivity index is 1.14. The lowest BCUT2D eigenvalue weighted by atomic mass is 9.82. The first-order valence-corrected chi connectivity index (χ1v) is 17.7. The molecule has 2 aliphatic carbocycles. The van der Waals surface area contributed by atoms with E-state index in [2.05, 4.69) is 195 Å². The zero-order chi connectivity index (χ0) is 33.8. The van der Waals surface area contributed by atoms with Crippen LogP contribution < -0.4 is 4.90 Å². The predicted octanol–water partition coefficient (Wildman–Crippen LogP) is 12.9. The van der Waals surface area contributed by atoms with Crippen molar-refractivity contribution in [2.24, 2.45) is 0 Å². The van der Waals surface area contributed by atoms with Gasteiger partial charge in [0, 0.05) is 44.4 Å². The Bertz CT molecular complexity index is 2600. The minimum absolute atomic E-state index is 0.0614. The number of aromatic nitrogens is 1. The lowest BCUT2D eigenvalue weighted by Crippen LogP contribution is -2.17. The standard InChI is InChI=1S/C48H38N2/c1-47(2)41-21-13-11-19-35(41)39-29-40-38-20-12-14-22-45(38)50(46(40)30-44(39)47)34-24-26-37-36-25-23-33(27-42(36)48(3,4)43(37)28-34)49(31-15-7-5-8-16-31)32-17-9-6-10-18-32/h5-30H,1-4H3. The van der Waals surface area contributed by atoms with E-state index in [0.717, 1.165) is 11.4 Å². The quantitative estimate of drug-likeness (QED) is 0.185. The maximum Gasteiger partial charge on any atom is 0.0544 e. The van der Waals surface area contributed by atoms with E-state index in [0.29, 0.717) is 0 Å². The minimum Gasteiger partial charge on any atom is -0.310 e. The molecule has 2 aliphatic rings. The zero-order valence-electron chi connectivity index (χ0n) is 28.9. The average molecular weight is 643 g/mol. The molecule has 50 heavy (non-hydrogen) atoms. The third kappa shape index (κ3) is 3.96. The number of hydrogen-bond donors (Lipinski definition) is 0. The largest absolute Gasteiger partial charge is 0.310 e. The van der Waals surface area contributed by atoms with Gasteiger partial charge in [0.05, 0.1) is 11.0 Å². The molecule has 8 aromatic rings. The molecule has 240 valence electrons. The number of rotatable bonds is 4. The van der Waals surface area contributed by atoms with E-state index in [-0.39, 0.29) is 10.8 Å². The normalized spacial score (nSPS) is 14.7. The third-order valence-corrected chi connectivity index (χ3v) is 11.6. The molecule has 0 amide bonds. The Morgan fingerprint density at radius 1 is 0.380 bits per heavy atom. The Kier molecular flexibility index (Phi) is 6.01. The Hall–Kier alpha value is -5.86. The van der Waals surface area contributed by atoms with Crippen molar-refractivity contribution in [3.8, 4) is 27.9 Å². The van der Waals surface area contributed by atoms with E-state index >= 15 is 0 Å². The lowest BCUT2D eigenvalue weighted by Gasteiger charge is -2.28. The van der Waals surface area contributed by atoms with Crippen LogP contribution in [0.2, 0.25) is 0 Å². The molecule has 2 heteroatoms. The van der Waals surface area contributed by atoms with Crippen molar-refractivity contribution in [3.63, 3.8) is 0 Å². The van der Waals surface area contributed by atoms with Crippen LogP contribution in [-0.4, -0.2) is 4.57 Å². The van der Waals surface area contributed by atoms with Crippen molar-refractivity contribution in [2.75, 3.05) is 4.90 Å². The van der Waals surface area contributed by atoms with Crippen molar-refractivity contribution in [1.29, 1.82) is 0 Å². The van der Waals surface area contributed by atoms with Crippen LogP contribution in [0.4, 0.5) is 17.1 Å². The Labute approximate surface area is 293 Å². The van der Waals surface area contributed by atoms with E-state index in [1.54, 1.807) is 0 Å². The van der Waals surface area contributed by atoms with E-state index in [4.69, 9.17) is 0 Å². The summed E-state index contributed by atoms with van der Waals surface area (Å²) in [5.74, 6) is 0. The molecule has 1 heterocycles. The highest BCUT2D eigenvalue weighted by atomic mass is 15.1. The van der Waals surface area contributed by atoms with Gasteiger partial charge in [0.25, 0.3) is 0 Å². The fraction of sp³-hybridized carbons (Fsp3) is 0.125. The van der Waals surface area contributed by atoms with Gasteiger partial charge in [-0.15, -0.1) is 0 Å². The SMILES string of the molecule is CC1(C)c2cc(N(c3ccccc3)c3ccccc3)ccc2-c2ccc(-n3c4ccccc4c4cc5c(cc43)C(C)(C)c3ccccc3-5)cc21. The number of para-hydroxylation sites is 3. The van der Waals surface area contributed by atoms with Gasteiger partial charge in [-0.05, 0) is 111 Å². The van der Waals surface area contributed by atoms with Crippen LogP contribution in [0.15, 0.2) is 158 Å². The molecule has 7 aromatic carbocycles. The summed E-state index contributed by atoms with van der Waals surface area (Å²) in [7, 11) is 0. The van der Waals surface area contributed by atoms with E-state index in [9.17, 15) is 0 Å². The highest BCUT2D eigenvalue weighted by Crippen LogP contribution is 2.53. The van der Waals surface area contributed by atoms with Gasteiger partial charge in [0.15, 0.2) is 0 Å². The molecule has 0 fully saturated rings. The number of benzene rings is 7. The second kappa shape index (κ2) is 10.3. The molecular weight excluding hydrogens is 605 g/mol. The molecule has 0 unspecified atom stereocenters. The summed E-state index contributed by atoms with van der Waals surface area (Å²) in [6.45, 7) is 9.52. The second-order valence-corrected chi connectivity index (χ2v) is 15.0. The van der Waals surface area contributed by atoms with Crippen molar-refractivity contribution in [1.82, 2.24) is 4.57 Å². The van der Waals surface area contributed by atoms with Gasteiger partial charge in [0.2, 0.25) is 0 Å². The first-order valence-electron chi connectivity index (χ1n) is 17.7. The van der Waals surface area contributed by atoms with Crippen LogP contribution in [-0.2, 0) is 10.8 Å². The fourth-order valence-electron chi connectivity index (χ4n) is 9.03. The van der Waals surface area contributed by atoms with Crippen molar-refractivity contribution in [2.45, 2.75) is 38.5 Å². The van der Waals surface area contributed by atoms with Crippen LogP contribution in [0.25, 0.3) is 49.7 Å². The summed E-state index contributed by atoms with van der Waals surface area (Å²) in [6.07, 6.45) is 0. The van der Waals surface area contributed by atoms with Crippen LogP contribution in [0.3, 0.4) is 0 Å². The van der Waals surface area contributed by atoms with Crippen LogP contribution in [0, 0.1) is 0 Å². The minimum atomic E-state index is -0.181. The molecule has 0 bridgehead atoms. The maximum absolute atomic E-state index is 2.50. The number of anilines is 3. The van der Waals surface area contributed by atoms with Crippen LogP contribution in [0.5, 0.6) is 0 Å². The summed E-state index contributed by atoms with van der Waals surface area (Å²) in [6, 6.07) is 58.3. The highest BCUT2D eigenvalue weighted by Gasteiger charge is 2.38. The van der Waals surface area contributed by atoms with Gasteiger partial charge in [-0.2, -0.15) is 0 Å². The summed E-state index contributed by atoms with van der Waals surface area (Å²) in [5, 5.41) is 2.60. The average Bonchev–Trinajstić information content (AvgIpc) is 3.68. The number of nitrogens with zero attached hydrogens (tertiary/aromatic N) is 2. The van der Waals surface area contributed by atoms with E-state index in [1.165, 1.54) is 77.7 Å². The van der Waals surface area contributed by atoms with Gasteiger partial charge in [0.1, 0.15) is 0 Å². The monoisotopic (exact) mass is 642 g/mol. The summed E-state index contributed by atoms with van der Waals surface area (Å²) >= 11 is 0. The summed E-state index contributed by atoms with van der Waals surface area (Å²) < 4.78 is 2.50. The van der Waals surface area contributed by atoms with Crippen molar-refractivity contribution < 1.29 is 0 Å². The molecular formula is C48H38N2. The van der Waals surface area contributed by atoms with E-state index in [1.807, 2.05) is 0 Å². The van der Waals surface area contributed by atoms with Crippen LogP contribution >= 0.6 is 0 Å². The molecule has 0 saturated heterocycles. The maximum atomic E-state index is 2.50. The van der Waals surface area contributed by atoms with Gasteiger partial charge >= 0.3 is 0 Å². The van der Waals surface area contributed by atoms with Gasteiger partial charge in [-0.25, -0.2) is 0 Å². The molecule has 0 spiro atoms. The predicted molar refractivity (Wildman–Crippen MR) is 211 cm³/mol. The summed E-state index contributed by atoms with van der Waals surface area (Å²) in [4.78, 5) is 2.36. The molecule has 1 aromatic heterocycles. The number of hydrogen-bond acceptors (Lipinski definition) is 1. The molecule has 0 saturated carbocycles. The first kappa shape index (κ1) is 29.1. The smallest absolute Gasteiger partial charge is 0.0544 e. The first-order chi connectivity index (χ1) is 24.3. The molecule has 0 atom stereocenters. The number of fused-ring (bicyclic) bond motifs is 9. The Morgan fingerprint density at radius 2 is 0.940 bits per heavy atom. The van der Waals surface area contributed by atoms with Crippen molar-refractivity contribution >= 4 is 38.9 Å². The molecule has 0 aliphatic heterocycles. The topological polar surface area (TPSA) is 8.17 Å². The van der Waals surface area contributed by atoms with E-state index < -0.39 is 0 Å². The van der Waals surface area contributed by atoms with Gasteiger partial charge < -0.3 is 9.47 Å². The molecule has 0 N–H and O–H groups in total. The third-order valence-electron chi connectivity index (χ3n) is 11.6. The summed E-state index contributed by atoms with van der Waals surface area (Å²) in [5.41, 5.74) is 17.9. The molecule has 2 nitrogen and oxygen atoms in total. The van der Waals surface area contributed by atoms with Gasteiger partial charge in [-0.1, -0.05) is 119 Å². The van der Waals surface area contributed by atoms with Crippen molar-refractivity contribution in [3.05, 3.63) is 180 Å². The molecule has 0 radical (unpaired) electrons. The van der Waals surface area contributed by atoms with Crippen LogP contribution in [0.1, 0.15) is 49.9 Å². The fourth-order valence-corrected chi connectivity index (χ4v) is 9.03. The molecule has 10 rings (SSSR count).